The van der Waals surface area contributed by atoms with Gasteiger partial charge in [0, 0.05) is 13.1 Å². The van der Waals surface area contributed by atoms with E-state index in [9.17, 15) is 4.79 Å². The topological polar surface area (TPSA) is 43.8 Å². The average Bonchev–Trinajstić information content (AvgIpc) is 2.89. The number of rotatable bonds is 9. The second-order valence-corrected chi connectivity index (χ2v) is 5.47. The van der Waals surface area contributed by atoms with E-state index in [1.165, 1.54) is 11.3 Å². The maximum atomic E-state index is 10.9. The van der Waals surface area contributed by atoms with Crippen LogP contribution in [0.3, 0.4) is 0 Å². The minimum atomic E-state index is -0.838. The molecule has 1 rings (SSSR count). The van der Waals surface area contributed by atoms with Crippen molar-refractivity contribution in [2.24, 2.45) is 0 Å². The number of nitrogens with zero attached hydrogens (tertiary/aromatic N) is 2. The maximum Gasteiger partial charge on any atom is 0.345 e. The fraction of sp³-hybridized carbons (Fsp3) is 0.643. The van der Waals surface area contributed by atoms with Gasteiger partial charge in [0.1, 0.15) is 4.88 Å². The maximum absolute atomic E-state index is 10.9. The quantitative estimate of drug-likeness (QED) is 0.757. The lowest BCUT2D eigenvalue weighted by atomic mass is 10.3. The van der Waals surface area contributed by atoms with Crippen molar-refractivity contribution >= 4 is 22.3 Å². The van der Waals surface area contributed by atoms with Crippen LogP contribution in [0.2, 0.25) is 0 Å². The molecule has 0 spiro atoms. The highest BCUT2D eigenvalue weighted by Crippen LogP contribution is 2.26. The zero-order valence-electron chi connectivity index (χ0n) is 12.1. The lowest BCUT2D eigenvalue weighted by molar-refractivity contribution is 0.0702. The minimum Gasteiger partial charge on any atom is -0.477 e. The highest BCUT2D eigenvalue weighted by atomic mass is 32.1. The van der Waals surface area contributed by atoms with Crippen LogP contribution in [-0.2, 0) is 0 Å². The van der Waals surface area contributed by atoms with Crippen molar-refractivity contribution in [2.75, 3.05) is 37.6 Å². The van der Waals surface area contributed by atoms with E-state index in [0.29, 0.717) is 4.88 Å². The molecule has 1 N–H and O–H groups in total. The van der Waals surface area contributed by atoms with Gasteiger partial charge < -0.3 is 14.9 Å². The van der Waals surface area contributed by atoms with Crippen LogP contribution in [0.25, 0.3) is 0 Å². The summed E-state index contributed by atoms with van der Waals surface area (Å²) in [5.41, 5.74) is 0. The Morgan fingerprint density at radius 3 is 2.32 bits per heavy atom. The molecule has 0 amide bonds. The zero-order chi connectivity index (χ0) is 14.3. The van der Waals surface area contributed by atoms with Gasteiger partial charge in [-0.3, -0.25) is 0 Å². The fourth-order valence-electron chi connectivity index (χ4n) is 2.06. The first-order valence-electron chi connectivity index (χ1n) is 6.92. The lowest BCUT2D eigenvalue weighted by Gasteiger charge is -2.23. The second kappa shape index (κ2) is 8.17. The SMILES string of the molecule is CCN(CC)CCCN(CC)c1ccc(C(=O)O)s1. The summed E-state index contributed by atoms with van der Waals surface area (Å²) in [6.07, 6.45) is 1.11. The first-order chi connectivity index (χ1) is 9.12. The van der Waals surface area contributed by atoms with Crippen molar-refractivity contribution in [1.29, 1.82) is 0 Å². The number of carboxylic acid groups (broad SMARTS) is 1. The molecule has 0 radical (unpaired) electrons. The van der Waals surface area contributed by atoms with E-state index >= 15 is 0 Å². The molecule has 0 aliphatic heterocycles. The van der Waals surface area contributed by atoms with Gasteiger partial charge in [-0.15, -0.1) is 11.3 Å². The van der Waals surface area contributed by atoms with Crippen molar-refractivity contribution < 1.29 is 9.90 Å². The molecule has 5 heteroatoms. The van der Waals surface area contributed by atoms with Crippen molar-refractivity contribution in [1.82, 2.24) is 4.90 Å². The van der Waals surface area contributed by atoms with Crippen LogP contribution in [-0.4, -0.2) is 48.7 Å². The van der Waals surface area contributed by atoms with Gasteiger partial charge in [0.15, 0.2) is 0 Å². The fourth-order valence-corrected chi connectivity index (χ4v) is 3.00. The zero-order valence-corrected chi connectivity index (χ0v) is 12.9. The average molecular weight is 284 g/mol. The molecular weight excluding hydrogens is 260 g/mol. The van der Waals surface area contributed by atoms with E-state index in [1.54, 1.807) is 6.07 Å². The number of aromatic carboxylic acids is 1. The molecule has 4 nitrogen and oxygen atoms in total. The molecule has 1 aromatic heterocycles. The van der Waals surface area contributed by atoms with Crippen molar-refractivity contribution in [3.63, 3.8) is 0 Å². The predicted molar refractivity (Wildman–Crippen MR) is 81.6 cm³/mol. The molecular formula is C14H24N2O2S. The lowest BCUT2D eigenvalue weighted by Crippen LogP contribution is -2.29. The van der Waals surface area contributed by atoms with Crippen LogP contribution in [0.1, 0.15) is 36.9 Å². The number of hydrogen-bond donors (Lipinski definition) is 1. The standard InChI is InChI=1S/C14H24N2O2S/c1-4-15(5-2)10-7-11-16(6-3)13-9-8-12(19-13)14(17)18/h8-9H,4-7,10-11H2,1-3H3,(H,17,18). The van der Waals surface area contributed by atoms with E-state index in [4.69, 9.17) is 5.11 Å². The number of anilines is 1. The predicted octanol–water partition coefficient (Wildman–Crippen LogP) is 3.00. The summed E-state index contributed by atoms with van der Waals surface area (Å²) in [5, 5.41) is 10.0. The Morgan fingerprint density at radius 1 is 1.16 bits per heavy atom. The summed E-state index contributed by atoms with van der Waals surface area (Å²) in [7, 11) is 0. The molecule has 0 aliphatic rings. The number of carbonyl (C=O) groups is 1. The van der Waals surface area contributed by atoms with Gasteiger partial charge >= 0.3 is 5.97 Å². The number of thiophene rings is 1. The Bertz CT molecular complexity index is 389. The third-order valence-electron chi connectivity index (χ3n) is 3.29. The molecule has 0 bridgehead atoms. The van der Waals surface area contributed by atoms with E-state index in [0.717, 1.165) is 44.1 Å². The Hall–Kier alpha value is -1.07. The van der Waals surface area contributed by atoms with Crippen LogP contribution in [0.5, 0.6) is 0 Å². The van der Waals surface area contributed by atoms with Gasteiger partial charge in [0.2, 0.25) is 0 Å². The first kappa shape index (κ1) is 16.0. The summed E-state index contributed by atoms with van der Waals surface area (Å²) in [6, 6.07) is 3.60. The minimum absolute atomic E-state index is 0.414. The third kappa shape index (κ3) is 4.84. The summed E-state index contributed by atoms with van der Waals surface area (Å²) in [5.74, 6) is -0.838. The van der Waals surface area contributed by atoms with Gasteiger partial charge in [-0.2, -0.15) is 0 Å². The van der Waals surface area contributed by atoms with E-state index in [2.05, 4.69) is 30.6 Å². The van der Waals surface area contributed by atoms with Gasteiger partial charge in [-0.05, 0) is 45.1 Å². The Labute approximate surface area is 119 Å². The molecule has 0 aromatic carbocycles. The van der Waals surface area contributed by atoms with Gasteiger partial charge in [0.05, 0.1) is 5.00 Å². The van der Waals surface area contributed by atoms with Crippen LogP contribution >= 0.6 is 11.3 Å². The Kier molecular flexibility index (Phi) is 6.87. The molecule has 1 aromatic rings. The summed E-state index contributed by atoms with van der Waals surface area (Å²) in [4.78, 5) is 16.0. The van der Waals surface area contributed by atoms with Crippen molar-refractivity contribution in [2.45, 2.75) is 27.2 Å². The molecule has 0 atom stereocenters. The second-order valence-electron chi connectivity index (χ2n) is 4.40. The van der Waals surface area contributed by atoms with Crippen LogP contribution < -0.4 is 4.90 Å². The Morgan fingerprint density at radius 2 is 1.84 bits per heavy atom. The van der Waals surface area contributed by atoms with Gasteiger partial charge in [-0.25, -0.2) is 4.79 Å². The molecule has 0 saturated heterocycles. The molecule has 108 valence electrons. The molecule has 0 fully saturated rings. The van der Waals surface area contributed by atoms with Crippen LogP contribution in [0.15, 0.2) is 12.1 Å². The smallest absolute Gasteiger partial charge is 0.345 e. The van der Waals surface area contributed by atoms with Gasteiger partial charge in [0.25, 0.3) is 0 Å². The van der Waals surface area contributed by atoms with Crippen molar-refractivity contribution in [3.8, 4) is 0 Å². The first-order valence-corrected chi connectivity index (χ1v) is 7.74. The number of carboxylic acids is 1. The molecule has 0 aliphatic carbocycles. The summed E-state index contributed by atoms with van der Waals surface area (Å²) >= 11 is 1.36. The highest BCUT2D eigenvalue weighted by molar-refractivity contribution is 7.17. The van der Waals surface area contributed by atoms with E-state index < -0.39 is 5.97 Å². The van der Waals surface area contributed by atoms with E-state index in [1.807, 2.05) is 6.07 Å². The molecule has 0 unspecified atom stereocenters. The highest BCUT2D eigenvalue weighted by Gasteiger charge is 2.11. The van der Waals surface area contributed by atoms with Crippen LogP contribution in [0, 0.1) is 0 Å². The summed E-state index contributed by atoms with van der Waals surface area (Å²) < 4.78 is 0. The molecule has 1 heterocycles. The number of hydrogen-bond acceptors (Lipinski definition) is 4. The monoisotopic (exact) mass is 284 g/mol. The van der Waals surface area contributed by atoms with Crippen molar-refractivity contribution in [3.05, 3.63) is 17.0 Å². The van der Waals surface area contributed by atoms with E-state index in [-0.39, 0.29) is 0 Å². The summed E-state index contributed by atoms with van der Waals surface area (Å²) in [6.45, 7) is 11.6. The largest absolute Gasteiger partial charge is 0.477 e. The normalized spacial score (nSPS) is 10.9. The third-order valence-corrected chi connectivity index (χ3v) is 4.43. The molecule has 19 heavy (non-hydrogen) atoms. The Balaban J connectivity index is 2.50. The molecule has 0 saturated carbocycles. The van der Waals surface area contributed by atoms with Gasteiger partial charge in [-0.1, -0.05) is 13.8 Å². The van der Waals surface area contributed by atoms with Crippen LogP contribution in [0.4, 0.5) is 5.00 Å².